The fourth-order valence-electron chi connectivity index (χ4n) is 3.39. The van der Waals surface area contributed by atoms with Gasteiger partial charge in [0, 0.05) is 56.7 Å². The van der Waals surface area contributed by atoms with Crippen molar-refractivity contribution in [1.29, 1.82) is 0 Å². The molecule has 2 aromatic rings. The van der Waals surface area contributed by atoms with E-state index in [0.717, 1.165) is 50.8 Å². The monoisotopic (exact) mass is 382 g/mol. The van der Waals surface area contributed by atoms with E-state index in [0.29, 0.717) is 11.5 Å². The quantitative estimate of drug-likeness (QED) is 0.829. The van der Waals surface area contributed by atoms with Crippen LogP contribution in [0.1, 0.15) is 30.2 Å². The molecule has 1 amide bonds. The van der Waals surface area contributed by atoms with Gasteiger partial charge in [0.05, 0.1) is 0 Å². The van der Waals surface area contributed by atoms with E-state index in [2.05, 4.69) is 63.0 Å². The summed E-state index contributed by atoms with van der Waals surface area (Å²) in [6.45, 7) is 11.8. The molecule has 1 aliphatic rings. The summed E-state index contributed by atoms with van der Waals surface area (Å²) in [5, 5.41) is 2.95. The molecule has 1 fully saturated rings. The third kappa shape index (κ3) is 4.78. The molecule has 0 atom stereocenters. The number of amides is 1. The molecular formula is C21H30N6O. The lowest BCUT2D eigenvalue weighted by Crippen LogP contribution is -2.44. The zero-order valence-corrected chi connectivity index (χ0v) is 17.3. The molecule has 0 unspecified atom stereocenters. The highest BCUT2D eigenvalue weighted by Crippen LogP contribution is 2.20. The van der Waals surface area contributed by atoms with Gasteiger partial charge in [-0.1, -0.05) is 0 Å². The maximum Gasteiger partial charge on any atom is 0.274 e. The minimum absolute atomic E-state index is 0.216. The SMILES string of the molecule is CCN(CC)c1cc(C(=O)Nc2ccc(N3CCN(C)CC3)cc2)nc(C)n1. The number of rotatable bonds is 6. The Morgan fingerprint density at radius 1 is 1.07 bits per heavy atom. The highest BCUT2D eigenvalue weighted by atomic mass is 16.1. The second-order valence-corrected chi connectivity index (χ2v) is 7.12. The Hall–Kier alpha value is -2.67. The molecule has 28 heavy (non-hydrogen) atoms. The fraction of sp³-hybridized carbons (Fsp3) is 0.476. The van der Waals surface area contributed by atoms with Crippen LogP contribution in [0.2, 0.25) is 0 Å². The number of piperazine rings is 1. The minimum Gasteiger partial charge on any atom is -0.369 e. The molecule has 1 aliphatic heterocycles. The molecule has 7 nitrogen and oxygen atoms in total. The number of benzene rings is 1. The number of anilines is 3. The average Bonchev–Trinajstić information content (AvgIpc) is 2.70. The van der Waals surface area contributed by atoms with Crippen LogP contribution in [0, 0.1) is 6.92 Å². The van der Waals surface area contributed by atoms with Crippen LogP contribution in [0.5, 0.6) is 0 Å². The lowest BCUT2D eigenvalue weighted by Gasteiger charge is -2.34. The summed E-state index contributed by atoms with van der Waals surface area (Å²) in [5.74, 6) is 1.17. The van der Waals surface area contributed by atoms with E-state index in [9.17, 15) is 4.79 Å². The van der Waals surface area contributed by atoms with Crippen LogP contribution in [-0.2, 0) is 0 Å². The molecule has 7 heteroatoms. The van der Waals surface area contributed by atoms with E-state index in [1.54, 1.807) is 6.07 Å². The van der Waals surface area contributed by atoms with Crippen LogP contribution >= 0.6 is 0 Å². The van der Waals surface area contributed by atoms with Crippen LogP contribution in [0.15, 0.2) is 30.3 Å². The second-order valence-electron chi connectivity index (χ2n) is 7.12. The summed E-state index contributed by atoms with van der Waals surface area (Å²) in [5.41, 5.74) is 2.34. The molecule has 150 valence electrons. The van der Waals surface area contributed by atoms with E-state index in [1.165, 1.54) is 5.69 Å². The van der Waals surface area contributed by atoms with Gasteiger partial charge in [0.2, 0.25) is 0 Å². The van der Waals surface area contributed by atoms with E-state index in [4.69, 9.17) is 0 Å². The van der Waals surface area contributed by atoms with E-state index >= 15 is 0 Å². The van der Waals surface area contributed by atoms with Crippen LogP contribution < -0.4 is 15.1 Å². The molecule has 1 aromatic heterocycles. The van der Waals surface area contributed by atoms with Crippen molar-refractivity contribution in [3.8, 4) is 0 Å². The number of carbonyl (C=O) groups is 1. The first-order chi connectivity index (χ1) is 13.5. The highest BCUT2D eigenvalue weighted by Gasteiger charge is 2.16. The summed E-state index contributed by atoms with van der Waals surface area (Å²) >= 11 is 0. The number of nitrogens with zero attached hydrogens (tertiary/aromatic N) is 5. The molecule has 1 aromatic carbocycles. The molecular weight excluding hydrogens is 352 g/mol. The van der Waals surface area contributed by atoms with Gasteiger partial charge in [-0.25, -0.2) is 9.97 Å². The third-order valence-corrected chi connectivity index (χ3v) is 5.14. The van der Waals surface area contributed by atoms with Crippen molar-refractivity contribution in [3.05, 3.63) is 41.9 Å². The van der Waals surface area contributed by atoms with E-state index in [1.807, 2.05) is 19.1 Å². The van der Waals surface area contributed by atoms with Gasteiger partial charge in [0.25, 0.3) is 5.91 Å². The summed E-state index contributed by atoms with van der Waals surface area (Å²) in [4.78, 5) is 28.3. The number of aryl methyl sites for hydroxylation is 1. The van der Waals surface area contributed by atoms with Gasteiger partial charge in [-0.2, -0.15) is 0 Å². The molecule has 0 radical (unpaired) electrons. The van der Waals surface area contributed by atoms with Crippen molar-refractivity contribution < 1.29 is 4.79 Å². The first kappa shape index (κ1) is 20.1. The van der Waals surface area contributed by atoms with Gasteiger partial charge in [-0.05, 0) is 52.1 Å². The summed E-state index contributed by atoms with van der Waals surface area (Å²) in [6.07, 6.45) is 0. The summed E-state index contributed by atoms with van der Waals surface area (Å²) < 4.78 is 0. The van der Waals surface area contributed by atoms with Gasteiger partial charge in [-0.3, -0.25) is 4.79 Å². The summed E-state index contributed by atoms with van der Waals surface area (Å²) in [6, 6.07) is 9.78. The number of nitrogens with one attached hydrogen (secondary N) is 1. The lowest BCUT2D eigenvalue weighted by molar-refractivity contribution is 0.102. The Morgan fingerprint density at radius 2 is 1.71 bits per heavy atom. The van der Waals surface area contributed by atoms with Crippen molar-refractivity contribution in [1.82, 2.24) is 14.9 Å². The normalized spacial score (nSPS) is 14.8. The topological polar surface area (TPSA) is 64.6 Å². The molecule has 1 N–H and O–H groups in total. The third-order valence-electron chi connectivity index (χ3n) is 5.14. The first-order valence-corrected chi connectivity index (χ1v) is 9.95. The standard InChI is InChI=1S/C21H30N6O/c1-5-26(6-2)20-15-19(22-16(3)23-20)21(28)24-17-7-9-18(10-8-17)27-13-11-25(4)12-14-27/h7-10,15H,5-6,11-14H2,1-4H3,(H,24,28). The Kier molecular flexibility index (Phi) is 6.46. The smallest absolute Gasteiger partial charge is 0.274 e. The van der Waals surface area contributed by atoms with Crippen molar-refractivity contribution in [2.24, 2.45) is 0 Å². The number of likely N-dealkylation sites (N-methyl/N-ethyl adjacent to an activating group) is 1. The molecule has 3 rings (SSSR count). The van der Waals surface area contributed by atoms with Crippen molar-refractivity contribution in [3.63, 3.8) is 0 Å². The van der Waals surface area contributed by atoms with Crippen molar-refractivity contribution >= 4 is 23.1 Å². The molecule has 0 aliphatic carbocycles. The van der Waals surface area contributed by atoms with Gasteiger partial charge < -0.3 is 20.0 Å². The van der Waals surface area contributed by atoms with Gasteiger partial charge in [0.1, 0.15) is 17.3 Å². The van der Waals surface area contributed by atoms with Crippen LogP contribution in [0.3, 0.4) is 0 Å². The maximum atomic E-state index is 12.7. The molecule has 0 spiro atoms. The number of hydrogen-bond donors (Lipinski definition) is 1. The number of carbonyl (C=O) groups excluding carboxylic acids is 1. The van der Waals surface area contributed by atoms with Crippen LogP contribution in [-0.4, -0.2) is 67.1 Å². The molecule has 1 saturated heterocycles. The van der Waals surface area contributed by atoms with Gasteiger partial charge in [0.15, 0.2) is 0 Å². The molecule has 0 saturated carbocycles. The van der Waals surface area contributed by atoms with Crippen LogP contribution in [0.25, 0.3) is 0 Å². The largest absolute Gasteiger partial charge is 0.369 e. The van der Waals surface area contributed by atoms with E-state index in [-0.39, 0.29) is 5.91 Å². The summed E-state index contributed by atoms with van der Waals surface area (Å²) in [7, 11) is 2.15. The van der Waals surface area contributed by atoms with Crippen molar-refractivity contribution in [2.75, 3.05) is 61.4 Å². The maximum absolute atomic E-state index is 12.7. The number of hydrogen-bond acceptors (Lipinski definition) is 6. The zero-order valence-electron chi connectivity index (χ0n) is 17.3. The predicted molar refractivity (Wildman–Crippen MR) is 114 cm³/mol. The molecule has 0 bridgehead atoms. The van der Waals surface area contributed by atoms with Gasteiger partial charge in [-0.15, -0.1) is 0 Å². The number of aromatic nitrogens is 2. The Labute approximate surface area is 167 Å². The second kappa shape index (κ2) is 9.01. The van der Waals surface area contributed by atoms with Crippen molar-refractivity contribution in [2.45, 2.75) is 20.8 Å². The van der Waals surface area contributed by atoms with E-state index < -0.39 is 0 Å². The lowest BCUT2D eigenvalue weighted by atomic mass is 10.2. The fourth-order valence-corrected chi connectivity index (χ4v) is 3.39. The Balaban J connectivity index is 1.69. The first-order valence-electron chi connectivity index (χ1n) is 9.95. The molecule has 2 heterocycles. The van der Waals surface area contributed by atoms with Crippen LogP contribution in [0.4, 0.5) is 17.2 Å². The minimum atomic E-state index is -0.216. The Bertz CT molecular complexity index is 795. The predicted octanol–water partition coefficient (Wildman–Crippen LogP) is 2.64. The average molecular weight is 383 g/mol. The highest BCUT2D eigenvalue weighted by molar-refractivity contribution is 6.03. The zero-order chi connectivity index (χ0) is 20.1. The van der Waals surface area contributed by atoms with Gasteiger partial charge >= 0.3 is 0 Å². The Morgan fingerprint density at radius 3 is 2.32 bits per heavy atom.